The van der Waals surface area contributed by atoms with Gasteiger partial charge in [-0.2, -0.15) is 11.8 Å². The Balaban J connectivity index is 1.53. The molecule has 134 valence electrons. The maximum Gasteiger partial charge on any atom is 0.254 e. The number of hydrogen-bond donors (Lipinski definition) is 1. The highest BCUT2D eigenvalue weighted by Gasteiger charge is 2.28. The molecule has 25 heavy (non-hydrogen) atoms. The first-order valence-corrected chi connectivity index (χ1v) is 10.5. The predicted molar refractivity (Wildman–Crippen MR) is 103 cm³/mol. The summed E-state index contributed by atoms with van der Waals surface area (Å²) in [5, 5.41) is 0. The number of amides is 1. The molecular formula is C19H26N4OS. The second-order valence-corrected chi connectivity index (χ2v) is 8.23. The minimum absolute atomic E-state index is 0.168. The molecule has 2 fully saturated rings. The average Bonchev–Trinajstić information content (AvgIpc) is 3.00. The zero-order chi connectivity index (χ0) is 17.1. The van der Waals surface area contributed by atoms with E-state index in [-0.39, 0.29) is 5.91 Å². The van der Waals surface area contributed by atoms with E-state index in [1.54, 1.807) is 6.33 Å². The number of fused-ring (bicyclic) bond motifs is 1. The van der Waals surface area contributed by atoms with E-state index in [4.69, 9.17) is 0 Å². The zero-order valence-electron chi connectivity index (χ0n) is 14.6. The van der Waals surface area contributed by atoms with Gasteiger partial charge in [-0.05, 0) is 56.3 Å². The highest BCUT2D eigenvalue weighted by Crippen LogP contribution is 2.22. The van der Waals surface area contributed by atoms with Crippen molar-refractivity contribution in [1.82, 2.24) is 19.8 Å². The van der Waals surface area contributed by atoms with Crippen LogP contribution in [0.25, 0.3) is 11.0 Å². The zero-order valence-corrected chi connectivity index (χ0v) is 15.4. The molecule has 0 spiro atoms. The van der Waals surface area contributed by atoms with Crippen molar-refractivity contribution < 1.29 is 4.79 Å². The van der Waals surface area contributed by atoms with E-state index in [0.29, 0.717) is 6.04 Å². The SMILES string of the molecule is O=C(c1ccc2nc[nH]c2c1)N1CCCSCC1CN1CCCCC1. The lowest BCUT2D eigenvalue weighted by molar-refractivity contribution is 0.0646. The van der Waals surface area contributed by atoms with Crippen molar-refractivity contribution in [3.8, 4) is 0 Å². The molecular weight excluding hydrogens is 332 g/mol. The van der Waals surface area contributed by atoms with E-state index < -0.39 is 0 Å². The van der Waals surface area contributed by atoms with Gasteiger partial charge in [0.1, 0.15) is 0 Å². The number of aromatic nitrogens is 2. The summed E-state index contributed by atoms with van der Waals surface area (Å²) in [6.45, 7) is 4.25. The molecule has 6 heteroatoms. The maximum absolute atomic E-state index is 13.2. The lowest BCUT2D eigenvalue weighted by atomic mass is 10.1. The third-order valence-corrected chi connectivity index (χ3v) is 6.48. The van der Waals surface area contributed by atoms with Crippen molar-refractivity contribution in [2.75, 3.05) is 37.7 Å². The summed E-state index contributed by atoms with van der Waals surface area (Å²) in [6.07, 6.45) is 6.71. The molecule has 1 amide bonds. The number of nitrogens with zero attached hydrogens (tertiary/aromatic N) is 3. The molecule has 0 bridgehead atoms. The third-order valence-electron chi connectivity index (χ3n) is 5.28. The van der Waals surface area contributed by atoms with Gasteiger partial charge in [0.05, 0.1) is 23.4 Å². The van der Waals surface area contributed by atoms with E-state index in [1.807, 2.05) is 30.0 Å². The molecule has 2 aromatic rings. The van der Waals surface area contributed by atoms with Gasteiger partial charge in [-0.3, -0.25) is 4.79 Å². The monoisotopic (exact) mass is 358 g/mol. The smallest absolute Gasteiger partial charge is 0.254 e. The quantitative estimate of drug-likeness (QED) is 0.916. The van der Waals surface area contributed by atoms with Gasteiger partial charge in [-0.1, -0.05) is 6.42 Å². The van der Waals surface area contributed by atoms with Crippen LogP contribution < -0.4 is 0 Å². The Hall–Kier alpha value is -1.53. The summed E-state index contributed by atoms with van der Waals surface area (Å²) in [5.74, 6) is 2.37. The summed E-state index contributed by atoms with van der Waals surface area (Å²) in [7, 11) is 0. The van der Waals surface area contributed by atoms with Gasteiger partial charge in [0.25, 0.3) is 5.91 Å². The molecule has 3 heterocycles. The van der Waals surface area contributed by atoms with Crippen molar-refractivity contribution in [1.29, 1.82) is 0 Å². The van der Waals surface area contributed by atoms with Gasteiger partial charge in [0.2, 0.25) is 0 Å². The largest absolute Gasteiger partial charge is 0.345 e. The lowest BCUT2D eigenvalue weighted by Crippen LogP contribution is -2.49. The molecule has 4 rings (SSSR count). The maximum atomic E-state index is 13.2. The second kappa shape index (κ2) is 7.79. The van der Waals surface area contributed by atoms with Gasteiger partial charge in [0.15, 0.2) is 0 Å². The van der Waals surface area contributed by atoms with Crippen LogP contribution in [0.15, 0.2) is 24.5 Å². The van der Waals surface area contributed by atoms with E-state index in [2.05, 4.69) is 19.8 Å². The molecule has 2 aliphatic rings. The Bertz CT molecular complexity index is 725. The van der Waals surface area contributed by atoms with Gasteiger partial charge in [0, 0.05) is 24.4 Å². The van der Waals surface area contributed by atoms with Crippen LogP contribution in [0.3, 0.4) is 0 Å². The van der Waals surface area contributed by atoms with Crippen LogP contribution in [0.4, 0.5) is 0 Å². The first kappa shape index (κ1) is 16.9. The number of piperidine rings is 1. The molecule has 2 saturated heterocycles. The molecule has 2 aliphatic heterocycles. The minimum Gasteiger partial charge on any atom is -0.345 e. The molecule has 5 nitrogen and oxygen atoms in total. The Morgan fingerprint density at radius 1 is 1.20 bits per heavy atom. The summed E-state index contributed by atoms with van der Waals surface area (Å²) in [6, 6.07) is 6.11. The number of H-pyrrole nitrogens is 1. The number of rotatable bonds is 3. The van der Waals surface area contributed by atoms with Crippen LogP contribution in [0.5, 0.6) is 0 Å². The number of nitrogens with one attached hydrogen (secondary N) is 1. The molecule has 0 aliphatic carbocycles. The number of carbonyl (C=O) groups is 1. The van der Waals surface area contributed by atoms with Crippen LogP contribution >= 0.6 is 11.8 Å². The number of thioether (sulfide) groups is 1. The highest BCUT2D eigenvalue weighted by atomic mass is 32.2. The van der Waals surface area contributed by atoms with Crippen LogP contribution in [-0.2, 0) is 0 Å². The average molecular weight is 359 g/mol. The van der Waals surface area contributed by atoms with Gasteiger partial charge >= 0.3 is 0 Å². The molecule has 1 aromatic heterocycles. The van der Waals surface area contributed by atoms with Crippen molar-refractivity contribution in [3.63, 3.8) is 0 Å². The topological polar surface area (TPSA) is 52.2 Å². The van der Waals surface area contributed by atoms with Crippen molar-refractivity contribution in [2.45, 2.75) is 31.7 Å². The summed E-state index contributed by atoms with van der Waals surface area (Å²) in [4.78, 5) is 25.3. The fourth-order valence-corrected chi connectivity index (χ4v) is 4.98. The predicted octanol–water partition coefficient (Wildman–Crippen LogP) is 3.00. The third kappa shape index (κ3) is 3.85. The first-order valence-electron chi connectivity index (χ1n) is 9.35. The fourth-order valence-electron chi connectivity index (χ4n) is 3.92. The first-order chi connectivity index (χ1) is 12.3. The molecule has 1 unspecified atom stereocenters. The molecule has 0 radical (unpaired) electrons. The number of aromatic amines is 1. The summed E-state index contributed by atoms with van der Waals surface area (Å²) in [5.41, 5.74) is 2.61. The van der Waals surface area contributed by atoms with Gasteiger partial charge in [-0.15, -0.1) is 0 Å². The Morgan fingerprint density at radius 3 is 2.96 bits per heavy atom. The van der Waals surface area contributed by atoms with E-state index >= 15 is 0 Å². The van der Waals surface area contributed by atoms with Crippen LogP contribution in [0.1, 0.15) is 36.0 Å². The van der Waals surface area contributed by atoms with Crippen LogP contribution in [-0.4, -0.2) is 69.4 Å². The Kier molecular flexibility index (Phi) is 5.27. The van der Waals surface area contributed by atoms with Crippen LogP contribution in [0.2, 0.25) is 0 Å². The second-order valence-electron chi connectivity index (χ2n) is 7.08. The fraction of sp³-hybridized carbons (Fsp3) is 0.579. The standard InChI is InChI=1S/C19H26N4OS/c24-19(15-5-6-17-18(11-15)21-14-20-17)23-9-4-10-25-13-16(23)12-22-7-2-1-3-8-22/h5-6,11,14,16H,1-4,7-10,12-13H2,(H,20,21). The minimum atomic E-state index is 0.168. The van der Waals surface area contributed by atoms with E-state index in [1.165, 1.54) is 32.4 Å². The van der Waals surface area contributed by atoms with Gasteiger partial charge < -0.3 is 14.8 Å². The summed E-state index contributed by atoms with van der Waals surface area (Å²) < 4.78 is 0. The van der Waals surface area contributed by atoms with Crippen molar-refractivity contribution in [3.05, 3.63) is 30.1 Å². The summed E-state index contributed by atoms with van der Waals surface area (Å²) >= 11 is 2.00. The van der Waals surface area contributed by atoms with Crippen molar-refractivity contribution in [2.24, 2.45) is 0 Å². The van der Waals surface area contributed by atoms with Crippen LogP contribution in [0, 0.1) is 0 Å². The van der Waals surface area contributed by atoms with E-state index in [9.17, 15) is 4.79 Å². The number of likely N-dealkylation sites (tertiary alicyclic amines) is 1. The molecule has 0 saturated carbocycles. The lowest BCUT2D eigenvalue weighted by Gasteiger charge is -2.35. The highest BCUT2D eigenvalue weighted by molar-refractivity contribution is 7.99. The Morgan fingerprint density at radius 2 is 2.08 bits per heavy atom. The number of hydrogen-bond acceptors (Lipinski definition) is 4. The number of carbonyl (C=O) groups excluding carboxylic acids is 1. The van der Waals surface area contributed by atoms with E-state index in [0.717, 1.165) is 47.6 Å². The normalized spacial score (nSPS) is 22.9. The molecule has 1 N–H and O–H groups in total. The van der Waals surface area contributed by atoms with Gasteiger partial charge in [-0.25, -0.2) is 4.98 Å². The molecule has 1 atom stereocenters. The molecule has 1 aromatic carbocycles. The van der Waals surface area contributed by atoms with Crippen molar-refractivity contribution >= 4 is 28.7 Å². The number of imidazole rings is 1. The number of benzene rings is 1. The Labute approximate surface area is 153 Å².